The average Bonchev–Trinajstić information content (AvgIpc) is 3.92. The summed E-state index contributed by atoms with van der Waals surface area (Å²) in [5.74, 6) is -11.3. The van der Waals surface area contributed by atoms with Crippen molar-refractivity contribution >= 4 is 43.6 Å². The maximum Gasteiger partial charge on any atom is 0.418 e. The van der Waals surface area contributed by atoms with Gasteiger partial charge >= 0.3 is 6.18 Å². The fraction of sp³-hybridized carbons (Fsp3) is 0.0169. The number of hydrogen-bond acceptors (Lipinski definition) is 2. The molecule has 0 aliphatic rings. The number of nitrogens with zero attached hydrogens (tertiary/aromatic N) is 4. The third-order valence-corrected chi connectivity index (χ3v) is 13.1. The second-order valence-corrected chi connectivity index (χ2v) is 17.1. The molecular formula is C59H32F8N4. The minimum Gasteiger partial charge on any atom is -0.309 e. The van der Waals surface area contributed by atoms with Gasteiger partial charge in [0.2, 0.25) is 5.82 Å². The van der Waals surface area contributed by atoms with Gasteiger partial charge in [0, 0.05) is 50.6 Å². The SMILES string of the molecule is Fc1c(F)c(F)c(-c2cc(-n3c4ccccc4c4cc(-c5ccnc(-c6ccccc6)c5)ccc43)c(C(F)(F)F)cc2-n2c3ccccc3c3cc(-c4ccnc(-c5ccccc5)c4)ccc32)c(F)c1F. The third-order valence-electron chi connectivity index (χ3n) is 13.1. The number of para-hydroxylation sites is 2. The average molecular weight is 949 g/mol. The first kappa shape index (κ1) is 43.4. The second kappa shape index (κ2) is 16.7. The van der Waals surface area contributed by atoms with Crippen molar-refractivity contribution < 1.29 is 35.1 Å². The molecule has 0 atom stereocenters. The molecule has 12 heteroatoms. The lowest BCUT2D eigenvalue weighted by molar-refractivity contribution is -0.137. The van der Waals surface area contributed by atoms with Crippen LogP contribution in [0, 0.1) is 29.1 Å². The zero-order valence-electron chi connectivity index (χ0n) is 36.8. The quantitative estimate of drug-likeness (QED) is 0.0907. The number of rotatable bonds is 7. The largest absolute Gasteiger partial charge is 0.418 e. The van der Waals surface area contributed by atoms with E-state index in [1.807, 2.05) is 97.1 Å². The summed E-state index contributed by atoms with van der Waals surface area (Å²) in [5.41, 5.74) is 2.96. The Hall–Kier alpha value is -8.90. The third kappa shape index (κ3) is 7.12. The number of aromatic nitrogens is 4. The number of hydrogen-bond donors (Lipinski definition) is 0. The van der Waals surface area contributed by atoms with E-state index >= 15 is 30.7 Å². The summed E-state index contributed by atoms with van der Waals surface area (Å²) < 4.78 is 129. The van der Waals surface area contributed by atoms with Crippen molar-refractivity contribution in [2.24, 2.45) is 0 Å². The highest BCUT2D eigenvalue weighted by Gasteiger charge is 2.38. The topological polar surface area (TPSA) is 35.6 Å². The Kier molecular flexibility index (Phi) is 10.2. The van der Waals surface area contributed by atoms with Crippen molar-refractivity contribution in [2.45, 2.75) is 6.18 Å². The molecule has 12 aromatic rings. The van der Waals surface area contributed by atoms with E-state index in [0.29, 0.717) is 44.0 Å². The molecule has 0 aliphatic heterocycles. The molecule has 4 heterocycles. The Labute approximate surface area is 399 Å². The Bertz CT molecular complexity index is 4080. The molecule has 0 spiro atoms. The summed E-state index contributed by atoms with van der Waals surface area (Å²) >= 11 is 0. The Morgan fingerprint density at radius 3 is 1.23 bits per heavy atom. The van der Waals surface area contributed by atoms with Gasteiger partial charge in [0.15, 0.2) is 23.3 Å². The van der Waals surface area contributed by atoms with Gasteiger partial charge in [-0.2, -0.15) is 13.2 Å². The fourth-order valence-electron chi connectivity index (χ4n) is 9.79. The van der Waals surface area contributed by atoms with E-state index in [2.05, 4.69) is 9.97 Å². The van der Waals surface area contributed by atoms with Crippen LogP contribution in [-0.2, 0) is 6.18 Å². The monoisotopic (exact) mass is 948 g/mol. The highest BCUT2D eigenvalue weighted by molar-refractivity contribution is 6.12. The summed E-state index contributed by atoms with van der Waals surface area (Å²) in [4.78, 5) is 9.08. The van der Waals surface area contributed by atoms with Crippen LogP contribution in [-0.4, -0.2) is 19.1 Å². The van der Waals surface area contributed by atoms with Gasteiger partial charge in [0.1, 0.15) is 0 Å². The predicted octanol–water partition coefficient (Wildman–Crippen LogP) is 16.7. The van der Waals surface area contributed by atoms with Crippen LogP contribution >= 0.6 is 0 Å². The molecule has 0 saturated heterocycles. The first-order valence-electron chi connectivity index (χ1n) is 22.3. The molecule has 344 valence electrons. The van der Waals surface area contributed by atoms with Gasteiger partial charge in [-0.3, -0.25) is 9.97 Å². The summed E-state index contributed by atoms with van der Waals surface area (Å²) in [7, 11) is 0. The second-order valence-electron chi connectivity index (χ2n) is 17.1. The van der Waals surface area contributed by atoms with Crippen molar-refractivity contribution in [1.82, 2.24) is 19.1 Å². The van der Waals surface area contributed by atoms with Crippen molar-refractivity contribution in [3.05, 3.63) is 229 Å². The summed E-state index contributed by atoms with van der Waals surface area (Å²) in [5, 5.41) is 2.17. The standard InChI is InChI=1S/C59H32F8N4/c60-54-53(55(61)57(63)58(64)56(54)62)43-31-52(71-48-18-10-8-16-40(48)42-28-36(20-22-50(42)71)38-24-26-69-46(30-38)34-13-5-2-6-14-34)44(59(65,66)67)32-51(43)70-47-17-9-7-15-39(47)41-27-35(19-21-49(41)70)37-23-25-68-45(29-37)33-11-3-1-4-12-33/h1-32H. The summed E-state index contributed by atoms with van der Waals surface area (Å²) in [6.07, 6.45) is -1.80. The van der Waals surface area contributed by atoms with Crippen LogP contribution in [0.5, 0.6) is 0 Å². The number of alkyl halides is 3. The van der Waals surface area contributed by atoms with Crippen LogP contribution in [0.4, 0.5) is 35.1 Å². The highest BCUT2D eigenvalue weighted by Crippen LogP contribution is 2.47. The van der Waals surface area contributed by atoms with E-state index in [9.17, 15) is 4.39 Å². The molecule has 12 rings (SSSR count). The number of fused-ring (bicyclic) bond motifs is 6. The highest BCUT2D eigenvalue weighted by atomic mass is 19.4. The van der Waals surface area contributed by atoms with Gasteiger partial charge in [0.05, 0.1) is 56.0 Å². The first-order chi connectivity index (χ1) is 34.4. The van der Waals surface area contributed by atoms with E-state index < -0.39 is 63.3 Å². The van der Waals surface area contributed by atoms with Gasteiger partial charge in [-0.05, 0) is 95.1 Å². The number of benzene rings is 8. The molecule has 8 aromatic carbocycles. The lowest BCUT2D eigenvalue weighted by Gasteiger charge is -2.22. The molecule has 0 saturated carbocycles. The van der Waals surface area contributed by atoms with Crippen LogP contribution in [0.2, 0.25) is 0 Å². The van der Waals surface area contributed by atoms with E-state index in [1.165, 1.54) is 9.13 Å². The minimum absolute atomic E-state index is 0.282. The normalized spacial score (nSPS) is 11.9. The minimum atomic E-state index is -5.13. The molecule has 0 aliphatic carbocycles. The maximum atomic E-state index is 16.4. The zero-order chi connectivity index (χ0) is 48.7. The molecule has 0 amide bonds. The van der Waals surface area contributed by atoms with Crippen LogP contribution in [0.15, 0.2) is 194 Å². The molecule has 0 N–H and O–H groups in total. The van der Waals surface area contributed by atoms with Gasteiger partial charge < -0.3 is 9.13 Å². The number of pyridine rings is 2. The van der Waals surface area contributed by atoms with Gasteiger partial charge in [-0.15, -0.1) is 0 Å². The zero-order valence-corrected chi connectivity index (χ0v) is 36.8. The van der Waals surface area contributed by atoms with E-state index in [1.54, 1.807) is 85.2 Å². The van der Waals surface area contributed by atoms with E-state index in [-0.39, 0.29) is 11.0 Å². The van der Waals surface area contributed by atoms with E-state index in [4.69, 9.17) is 0 Å². The molecule has 4 nitrogen and oxygen atoms in total. The molecule has 0 bridgehead atoms. The van der Waals surface area contributed by atoms with Crippen LogP contribution < -0.4 is 0 Å². The lowest BCUT2D eigenvalue weighted by atomic mass is 9.97. The van der Waals surface area contributed by atoms with Crippen LogP contribution in [0.3, 0.4) is 0 Å². The molecule has 0 unspecified atom stereocenters. The van der Waals surface area contributed by atoms with Crippen molar-refractivity contribution in [2.75, 3.05) is 0 Å². The van der Waals surface area contributed by atoms with Crippen molar-refractivity contribution in [3.8, 4) is 67.3 Å². The van der Waals surface area contributed by atoms with Gasteiger partial charge in [-0.1, -0.05) is 109 Å². The van der Waals surface area contributed by atoms with Crippen LogP contribution in [0.1, 0.15) is 5.56 Å². The van der Waals surface area contributed by atoms with Crippen molar-refractivity contribution in [3.63, 3.8) is 0 Å². The van der Waals surface area contributed by atoms with E-state index in [0.717, 1.165) is 45.5 Å². The number of halogens is 8. The van der Waals surface area contributed by atoms with Crippen molar-refractivity contribution in [1.29, 1.82) is 0 Å². The molecule has 0 radical (unpaired) electrons. The molecule has 0 fully saturated rings. The molecular weight excluding hydrogens is 917 g/mol. The van der Waals surface area contributed by atoms with Gasteiger partial charge in [-0.25, -0.2) is 22.0 Å². The molecule has 4 aromatic heterocycles. The predicted molar refractivity (Wildman–Crippen MR) is 263 cm³/mol. The Balaban J connectivity index is 1.13. The van der Waals surface area contributed by atoms with Crippen LogP contribution in [0.25, 0.3) is 111 Å². The first-order valence-corrected chi connectivity index (χ1v) is 22.3. The summed E-state index contributed by atoms with van der Waals surface area (Å²) in [6, 6.07) is 52.1. The fourth-order valence-corrected chi connectivity index (χ4v) is 9.79. The molecule has 71 heavy (non-hydrogen) atoms. The summed E-state index contributed by atoms with van der Waals surface area (Å²) in [6.45, 7) is 0. The lowest BCUT2D eigenvalue weighted by Crippen LogP contribution is -2.14. The van der Waals surface area contributed by atoms with Gasteiger partial charge in [0.25, 0.3) is 0 Å². The Morgan fingerprint density at radius 1 is 0.338 bits per heavy atom. The smallest absolute Gasteiger partial charge is 0.309 e. The maximum absolute atomic E-state index is 16.4. The Morgan fingerprint density at radius 2 is 0.746 bits per heavy atom.